The summed E-state index contributed by atoms with van der Waals surface area (Å²) in [4.78, 5) is 29.6. The molecule has 0 saturated heterocycles. The molecular weight excluding hydrogens is 769 g/mol. The first-order chi connectivity index (χ1) is 19.1. The quantitative estimate of drug-likeness (QED) is 0.151. The molecule has 0 heterocycles. The first-order valence-corrected chi connectivity index (χ1v) is 10.4. The van der Waals surface area contributed by atoms with Gasteiger partial charge in [-0.2, -0.15) is 79.0 Å². The minimum Gasteiger partial charge on any atom is -0.504 e. The molecule has 1 saturated carbocycles. The van der Waals surface area contributed by atoms with Gasteiger partial charge in [-0.25, -0.2) is 0 Å². The van der Waals surface area contributed by atoms with Crippen molar-refractivity contribution < 1.29 is 135 Å². The fraction of sp³-hybridized carbons (Fsp3) is 0.550. The second-order valence-electron chi connectivity index (χ2n) is 7.44. The van der Waals surface area contributed by atoms with Crippen LogP contribution >= 0.6 is 0 Å². The Bertz CT molecular complexity index is 906. The van der Waals surface area contributed by atoms with E-state index in [0.717, 1.165) is 0 Å². The number of aliphatic hydroxyl groups is 3. The molecule has 1 fully saturated rings. The van der Waals surface area contributed by atoms with E-state index in [2.05, 4.69) is 0 Å². The van der Waals surface area contributed by atoms with E-state index in [0.29, 0.717) is 0 Å². The van der Waals surface area contributed by atoms with Crippen LogP contribution in [0.15, 0.2) is 35.5 Å². The van der Waals surface area contributed by atoms with E-state index >= 15 is 0 Å². The predicted octanol–water partition coefficient (Wildman–Crippen LogP) is 8.31. The number of carbonyl (C=O) groups is 3. The van der Waals surface area contributed by atoms with Gasteiger partial charge in [0.05, 0.1) is 0 Å². The van der Waals surface area contributed by atoms with E-state index < -0.39 is 89.9 Å². The number of hydrogen-bond donors (Lipinski definition) is 3. The van der Waals surface area contributed by atoms with Crippen molar-refractivity contribution >= 4 is 17.3 Å². The molecule has 0 unspecified atom stereocenters. The maximum Gasteiger partial charge on any atom is 0.454 e. The van der Waals surface area contributed by atoms with Gasteiger partial charge in [-0.3, -0.25) is 14.4 Å². The largest absolute Gasteiger partial charge is 0.504 e. The summed E-state index contributed by atoms with van der Waals surface area (Å²) in [5.41, 5.74) is 0. The summed E-state index contributed by atoms with van der Waals surface area (Å²) in [6, 6.07) is 0. The number of carbonyl (C=O) groups excluding carboxylic acids is 3. The summed E-state index contributed by atoms with van der Waals surface area (Å²) >= 11 is 0. The summed E-state index contributed by atoms with van der Waals surface area (Å²) in [5, 5.41) is 23.8. The topological polar surface area (TPSA) is 112 Å². The summed E-state index contributed by atoms with van der Waals surface area (Å²) in [6.45, 7) is 0. The Labute approximate surface area is 257 Å². The van der Waals surface area contributed by atoms with Crippen molar-refractivity contribution in [3.63, 3.8) is 0 Å². The Morgan fingerprint density at radius 3 is 0.578 bits per heavy atom. The van der Waals surface area contributed by atoms with Crippen molar-refractivity contribution in [2.75, 3.05) is 0 Å². The molecular formula is C20H16F18O6Zr. The van der Waals surface area contributed by atoms with E-state index in [1.165, 1.54) is 32.1 Å². The van der Waals surface area contributed by atoms with Crippen LogP contribution in [0.25, 0.3) is 0 Å². The standard InChI is InChI=1S/3C5H2F6O2.C5H10.Zr/c3*6-4(7,8)2(12)1-3(13)5(9,10)11;1-2-4-5-3-1;/h3*1,12H;1-5H2;/b3*2-1-;;. The minimum absolute atomic E-state index is 0. The van der Waals surface area contributed by atoms with Gasteiger partial charge in [0.15, 0.2) is 0 Å². The maximum atomic E-state index is 11.4. The normalized spacial score (nSPS) is 15.2. The SMILES string of the molecule is C1CCCC1.O=C(/C=C(\O)C(F)(F)F)C(F)(F)F.O=C(/C=C(\O)C(F)(F)F)C(F)(F)F.O=C(/C=C(\O)C(F)(F)F)C(F)(F)F.[Zr]. The molecule has 1 aliphatic carbocycles. The zero-order valence-electron chi connectivity index (χ0n) is 21.1. The van der Waals surface area contributed by atoms with Crippen molar-refractivity contribution in [3.05, 3.63) is 35.5 Å². The molecule has 0 aliphatic heterocycles. The smallest absolute Gasteiger partial charge is 0.454 e. The molecule has 45 heavy (non-hydrogen) atoms. The van der Waals surface area contributed by atoms with Gasteiger partial charge in [0.1, 0.15) is 0 Å². The molecule has 0 amide bonds. The first-order valence-electron chi connectivity index (χ1n) is 10.4. The Morgan fingerprint density at radius 1 is 0.356 bits per heavy atom. The van der Waals surface area contributed by atoms with Gasteiger partial charge in [0, 0.05) is 44.4 Å². The molecule has 0 spiro atoms. The van der Waals surface area contributed by atoms with Gasteiger partial charge in [-0.05, 0) is 0 Å². The van der Waals surface area contributed by atoms with Crippen molar-refractivity contribution in [1.82, 2.24) is 0 Å². The third-order valence-corrected chi connectivity index (χ3v) is 3.76. The Kier molecular flexibility index (Phi) is 20.8. The number of ketones is 3. The molecule has 0 radical (unpaired) electrons. The van der Waals surface area contributed by atoms with Gasteiger partial charge >= 0.3 is 37.1 Å². The molecule has 1 aliphatic rings. The van der Waals surface area contributed by atoms with Crippen molar-refractivity contribution in [3.8, 4) is 0 Å². The second-order valence-corrected chi connectivity index (χ2v) is 7.44. The number of aliphatic hydroxyl groups excluding tert-OH is 3. The number of rotatable bonds is 3. The van der Waals surface area contributed by atoms with Crippen LogP contribution in [0.5, 0.6) is 0 Å². The zero-order valence-corrected chi connectivity index (χ0v) is 23.6. The van der Waals surface area contributed by atoms with Crippen LogP contribution in [0.3, 0.4) is 0 Å². The van der Waals surface area contributed by atoms with Crippen LogP contribution in [0.4, 0.5) is 79.0 Å². The fourth-order valence-corrected chi connectivity index (χ4v) is 1.75. The molecule has 262 valence electrons. The molecule has 25 heteroatoms. The molecule has 3 N–H and O–H groups in total. The van der Waals surface area contributed by atoms with Crippen LogP contribution in [0.1, 0.15) is 32.1 Å². The Hall–Kier alpha value is -2.75. The van der Waals surface area contributed by atoms with E-state index in [9.17, 15) is 93.4 Å². The number of hydrogen-bond acceptors (Lipinski definition) is 6. The predicted molar refractivity (Wildman–Crippen MR) is 107 cm³/mol. The average molecular weight is 786 g/mol. The third kappa shape index (κ3) is 25.2. The molecule has 0 aromatic carbocycles. The fourth-order valence-electron chi connectivity index (χ4n) is 1.75. The molecule has 0 bridgehead atoms. The summed E-state index contributed by atoms with van der Waals surface area (Å²) in [5.74, 6) is -16.0. The van der Waals surface area contributed by atoms with E-state index in [1.54, 1.807) is 0 Å². The van der Waals surface area contributed by atoms with Crippen LogP contribution in [0.2, 0.25) is 0 Å². The van der Waals surface area contributed by atoms with E-state index in [1.807, 2.05) is 0 Å². The summed E-state index contributed by atoms with van der Waals surface area (Å²) in [6.07, 6.45) is -27.5. The van der Waals surface area contributed by atoms with E-state index in [4.69, 9.17) is 15.3 Å². The monoisotopic (exact) mass is 784 g/mol. The van der Waals surface area contributed by atoms with Gasteiger partial charge in [0.2, 0.25) is 17.3 Å². The summed E-state index contributed by atoms with van der Waals surface area (Å²) < 4.78 is 204. The minimum atomic E-state index is -5.42. The molecule has 1 rings (SSSR count). The van der Waals surface area contributed by atoms with Crippen molar-refractivity contribution in [2.45, 2.75) is 69.2 Å². The van der Waals surface area contributed by atoms with Crippen molar-refractivity contribution in [2.24, 2.45) is 0 Å². The van der Waals surface area contributed by atoms with Crippen LogP contribution in [-0.2, 0) is 40.6 Å². The molecule has 0 aromatic heterocycles. The Morgan fingerprint density at radius 2 is 0.489 bits per heavy atom. The number of alkyl halides is 18. The van der Waals surface area contributed by atoms with Gasteiger partial charge in [-0.15, -0.1) is 0 Å². The summed E-state index contributed by atoms with van der Waals surface area (Å²) in [7, 11) is 0. The van der Waals surface area contributed by atoms with Crippen LogP contribution < -0.4 is 0 Å². The van der Waals surface area contributed by atoms with Crippen LogP contribution in [0, 0.1) is 0 Å². The van der Waals surface area contributed by atoms with E-state index in [-0.39, 0.29) is 26.2 Å². The molecule has 6 nitrogen and oxygen atoms in total. The Balaban J connectivity index is -0.000000256. The van der Waals surface area contributed by atoms with Crippen LogP contribution in [-0.4, -0.2) is 69.7 Å². The first kappa shape index (κ1) is 49.1. The number of halogens is 18. The maximum absolute atomic E-state index is 11.4. The van der Waals surface area contributed by atoms with Crippen molar-refractivity contribution in [1.29, 1.82) is 0 Å². The average Bonchev–Trinajstić information content (AvgIpc) is 3.36. The molecule has 0 aromatic rings. The number of allylic oxidation sites excluding steroid dienone is 6. The third-order valence-electron chi connectivity index (χ3n) is 3.76. The second kappa shape index (κ2) is 19.0. The van der Waals surface area contributed by atoms with Gasteiger partial charge in [0.25, 0.3) is 17.3 Å². The van der Waals surface area contributed by atoms with Gasteiger partial charge in [-0.1, -0.05) is 32.1 Å². The van der Waals surface area contributed by atoms with Gasteiger partial charge < -0.3 is 15.3 Å². The molecule has 0 atom stereocenters. The zero-order chi connectivity index (χ0) is 36.1.